The minimum absolute atomic E-state index is 0.737. The van der Waals surface area contributed by atoms with E-state index < -0.39 is 0 Å². The van der Waals surface area contributed by atoms with Crippen molar-refractivity contribution in [2.24, 2.45) is 5.92 Å². The van der Waals surface area contributed by atoms with Gasteiger partial charge in [0.15, 0.2) is 0 Å². The van der Waals surface area contributed by atoms with Crippen LogP contribution in [0.2, 0.25) is 0 Å². The van der Waals surface area contributed by atoms with Crippen LogP contribution in [0.3, 0.4) is 0 Å². The number of nitrogens with zero attached hydrogens (tertiary/aromatic N) is 1. The molecule has 90 valence electrons. The van der Waals surface area contributed by atoms with E-state index in [1.165, 1.54) is 47.7 Å². The molecule has 0 bridgehead atoms. The highest BCUT2D eigenvalue weighted by molar-refractivity contribution is 7.11. The van der Waals surface area contributed by atoms with Gasteiger partial charge in [-0.05, 0) is 46.1 Å². The summed E-state index contributed by atoms with van der Waals surface area (Å²) < 4.78 is 0. The lowest BCUT2D eigenvalue weighted by molar-refractivity contribution is 0.294. The van der Waals surface area contributed by atoms with Crippen molar-refractivity contribution in [2.45, 2.75) is 52.0 Å². The summed E-state index contributed by atoms with van der Waals surface area (Å²) in [5.41, 5.74) is 1.22. The van der Waals surface area contributed by atoms with Crippen molar-refractivity contribution in [1.29, 1.82) is 0 Å². The minimum Gasteiger partial charge on any atom is -0.317 e. The molecule has 1 fully saturated rings. The fourth-order valence-corrected chi connectivity index (χ4v) is 3.66. The van der Waals surface area contributed by atoms with Gasteiger partial charge in [-0.3, -0.25) is 0 Å². The molecule has 0 radical (unpaired) electrons. The molecule has 1 saturated carbocycles. The first-order chi connectivity index (χ1) is 7.69. The lowest BCUT2D eigenvalue weighted by atomic mass is 9.84. The normalized spacial score (nSPS) is 25.9. The molecule has 2 nitrogen and oxygen atoms in total. The third kappa shape index (κ3) is 2.83. The van der Waals surface area contributed by atoms with Gasteiger partial charge in [-0.25, -0.2) is 4.98 Å². The quantitative estimate of drug-likeness (QED) is 0.875. The Labute approximate surface area is 102 Å². The van der Waals surface area contributed by atoms with Crippen LogP contribution in [0.25, 0.3) is 0 Å². The van der Waals surface area contributed by atoms with Crippen LogP contribution in [0.15, 0.2) is 0 Å². The van der Waals surface area contributed by atoms with E-state index in [1.807, 2.05) is 11.3 Å². The standard InChI is InChI=1S/C13H22N2S/c1-9-10(2)16-13(15-9)8-11-5-4-6-12(7-11)14-3/h11-12,14H,4-8H2,1-3H3. The fraction of sp³-hybridized carbons (Fsp3) is 0.769. The van der Waals surface area contributed by atoms with E-state index >= 15 is 0 Å². The monoisotopic (exact) mass is 238 g/mol. The molecule has 3 heteroatoms. The number of nitrogens with one attached hydrogen (secondary N) is 1. The van der Waals surface area contributed by atoms with Gasteiger partial charge in [0.25, 0.3) is 0 Å². The summed E-state index contributed by atoms with van der Waals surface area (Å²) in [4.78, 5) is 6.04. The first-order valence-corrected chi connectivity index (χ1v) is 7.11. The fourth-order valence-electron chi connectivity index (χ4n) is 2.61. The lowest BCUT2D eigenvalue weighted by Crippen LogP contribution is -2.31. The van der Waals surface area contributed by atoms with E-state index in [9.17, 15) is 0 Å². The van der Waals surface area contributed by atoms with E-state index in [2.05, 4.69) is 31.2 Å². The predicted molar refractivity (Wildman–Crippen MR) is 70.1 cm³/mol. The second kappa shape index (κ2) is 5.28. The second-order valence-electron chi connectivity index (χ2n) is 4.97. The van der Waals surface area contributed by atoms with Crippen molar-refractivity contribution >= 4 is 11.3 Å². The highest BCUT2D eigenvalue weighted by Gasteiger charge is 2.22. The number of hydrogen-bond donors (Lipinski definition) is 1. The van der Waals surface area contributed by atoms with Crippen LogP contribution in [-0.2, 0) is 6.42 Å². The Morgan fingerprint density at radius 2 is 2.19 bits per heavy atom. The highest BCUT2D eigenvalue weighted by atomic mass is 32.1. The van der Waals surface area contributed by atoms with E-state index in [1.54, 1.807) is 0 Å². The smallest absolute Gasteiger partial charge is 0.0933 e. The SMILES string of the molecule is CNC1CCCC(Cc2nc(C)c(C)s2)C1. The molecule has 2 rings (SSSR count). The maximum Gasteiger partial charge on any atom is 0.0933 e. The molecule has 1 aromatic heterocycles. The minimum atomic E-state index is 0.737. The Kier molecular flexibility index (Phi) is 3.98. The van der Waals surface area contributed by atoms with Gasteiger partial charge in [0.1, 0.15) is 0 Å². The van der Waals surface area contributed by atoms with Crippen molar-refractivity contribution in [1.82, 2.24) is 10.3 Å². The molecule has 0 aromatic carbocycles. The average molecular weight is 238 g/mol. The molecule has 1 aromatic rings. The topological polar surface area (TPSA) is 24.9 Å². The van der Waals surface area contributed by atoms with Crippen LogP contribution in [0.4, 0.5) is 0 Å². The van der Waals surface area contributed by atoms with E-state index in [4.69, 9.17) is 0 Å². The van der Waals surface area contributed by atoms with E-state index in [-0.39, 0.29) is 0 Å². The molecule has 2 unspecified atom stereocenters. The molecule has 0 spiro atoms. The summed E-state index contributed by atoms with van der Waals surface area (Å²) in [5, 5.41) is 4.76. The summed E-state index contributed by atoms with van der Waals surface area (Å²) in [6.07, 6.45) is 6.63. The Morgan fingerprint density at radius 1 is 1.38 bits per heavy atom. The van der Waals surface area contributed by atoms with E-state index in [0.29, 0.717) is 0 Å². The Bertz CT molecular complexity index is 326. The molecular weight excluding hydrogens is 216 g/mol. The second-order valence-corrected chi connectivity index (χ2v) is 6.26. The maximum absolute atomic E-state index is 4.65. The van der Waals surface area contributed by atoms with Gasteiger partial charge in [0.05, 0.1) is 10.7 Å². The highest BCUT2D eigenvalue weighted by Crippen LogP contribution is 2.29. The third-order valence-corrected chi connectivity index (χ3v) is 4.82. The van der Waals surface area contributed by atoms with E-state index in [0.717, 1.165) is 12.0 Å². The summed E-state index contributed by atoms with van der Waals surface area (Å²) in [7, 11) is 2.09. The van der Waals surface area contributed by atoms with Crippen LogP contribution in [0, 0.1) is 19.8 Å². The zero-order valence-electron chi connectivity index (χ0n) is 10.5. The van der Waals surface area contributed by atoms with Gasteiger partial charge in [-0.15, -0.1) is 11.3 Å². The van der Waals surface area contributed by atoms with Gasteiger partial charge < -0.3 is 5.32 Å². The van der Waals surface area contributed by atoms with Gasteiger partial charge in [-0.1, -0.05) is 6.42 Å². The summed E-state index contributed by atoms with van der Waals surface area (Å²) in [6.45, 7) is 4.29. The summed E-state index contributed by atoms with van der Waals surface area (Å²) in [6, 6.07) is 0.737. The zero-order valence-corrected chi connectivity index (χ0v) is 11.4. The first-order valence-electron chi connectivity index (χ1n) is 6.29. The molecule has 2 atom stereocenters. The maximum atomic E-state index is 4.65. The molecule has 1 aliphatic carbocycles. The van der Waals surface area contributed by atoms with Crippen molar-refractivity contribution in [3.63, 3.8) is 0 Å². The number of thiazole rings is 1. The van der Waals surface area contributed by atoms with Crippen molar-refractivity contribution in [2.75, 3.05) is 7.05 Å². The molecule has 16 heavy (non-hydrogen) atoms. The Hall–Kier alpha value is -0.410. The van der Waals surface area contributed by atoms with Gasteiger partial charge in [-0.2, -0.15) is 0 Å². The number of aryl methyl sites for hydroxylation is 2. The van der Waals surface area contributed by atoms with Crippen LogP contribution in [0.1, 0.15) is 41.3 Å². The molecule has 1 N–H and O–H groups in total. The number of hydrogen-bond acceptors (Lipinski definition) is 3. The van der Waals surface area contributed by atoms with Crippen molar-refractivity contribution in [3.8, 4) is 0 Å². The van der Waals surface area contributed by atoms with Crippen LogP contribution < -0.4 is 5.32 Å². The third-order valence-electron chi connectivity index (χ3n) is 3.73. The molecule has 1 heterocycles. The Balaban J connectivity index is 1.93. The lowest BCUT2D eigenvalue weighted by Gasteiger charge is -2.28. The summed E-state index contributed by atoms with van der Waals surface area (Å²) in [5.74, 6) is 0.844. The largest absolute Gasteiger partial charge is 0.317 e. The van der Waals surface area contributed by atoms with Crippen LogP contribution >= 0.6 is 11.3 Å². The summed E-state index contributed by atoms with van der Waals surface area (Å²) >= 11 is 1.89. The molecule has 0 aliphatic heterocycles. The molecular formula is C13H22N2S. The van der Waals surface area contributed by atoms with Gasteiger partial charge in [0, 0.05) is 17.3 Å². The Morgan fingerprint density at radius 3 is 2.81 bits per heavy atom. The zero-order chi connectivity index (χ0) is 11.5. The molecule has 0 saturated heterocycles. The van der Waals surface area contributed by atoms with Crippen molar-refractivity contribution in [3.05, 3.63) is 15.6 Å². The average Bonchev–Trinajstić information content (AvgIpc) is 2.58. The van der Waals surface area contributed by atoms with Gasteiger partial charge >= 0.3 is 0 Å². The van der Waals surface area contributed by atoms with Gasteiger partial charge in [0.2, 0.25) is 0 Å². The number of aromatic nitrogens is 1. The van der Waals surface area contributed by atoms with Crippen LogP contribution in [-0.4, -0.2) is 18.1 Å². The molecule has 0 amide bonds. The first kappa shape index (κ1) is 12.1. The van der Waals surface area contributed by atoms with Crippen LogP contribution in [0.5, 0.6) is 0 Å². The predicted octanol–water partition coefficient (Wildman–Crippen LogP) is 3.08. The number of rotatable bonds is 3. The van der Waals surface area contributed by atoms with Crippen molar-refractivity contribution < 1.29 is 0 Å². The molecule has 1 aliphatic rings.